The van der Waals surface area contributed by atoms with Crippen LogP contribution < -0.4 is 14.2 Å². The maximum atomic E-state index is 11.1. The standard InChI is InChI=1S/C17H15NO3.C9H8ClN.C8H8O3/c1-20-15-5-6-17(14(7-15)10-19)21-11-13-4-2-3-12-8-18-9-16(12)13;10-4-7-2-1-3-8-5-11-6-9(7)8;1-11-7-2-3-8(10)6(4-7)5-9/h2-7,9-10H,8,11H2,1H3;1-3,6H,4-5H2;2-5,10H,1H3. The largest absolute Gasteiger partial charge is 0.507 e. The third kappa shape index (κ3) is 7.87. The van der Waals surface area contributed by atoms with Gasteiger partial charge in [0, 0.05) is 29.4 Å². The average molecular weight is 599 g/mol. The van der Waals surface area contributed by atoms with Crippen LogP contribution in [-0.2, 0) is 25.6 Å². The second-order valence-corrected chi connectivity index (χ2v) is 9.67. The van der Waals surface area contributed by atoms with Gasteiger partial charge in [-0.1, -0.05) is 36.4 Å². The molecule has 43 heavy (non-hydrogen) atoms. The minimum absolute atomic E-state index is 0.0270. The highest BCUT2D eigenvalue weighted by Crippen LogP contribution is 2.26. The number of benzene rings is 4. The Morgan fingerprint density at radius 1 is 0.767 bits per heavy atom. The van der Waals surface area contributed by atoms with Crippen molar-refractivity contribution in [3.8, 4) is 23.0 Å². The van der Waals surface area contributed by atoms with Crippen LogP contribution >= 0.6 is 11.6 Å². The van der Waals surface area contributed by atoms with E-state index in [0.717, 1.165) is 30.5 Å². The molecule has 2 heterocycles. The highest BCUT2D eigenvalue weighted by Gasteiger charge is 2.12. The summed E-state index contributed by atoms with van der Waals surface area (Å²) < 4.78 is 15.7. The van der Waals surface area contributed by atoms with Crippen molar-refractivity contribution >= 4 is 36.6 Å². The van der Waals surface area contributed by atoms with E-state index in [1.165, 1.54) is 41.5 Å². The number of rotatable bonds is 8. The van der Waals surface area contributed by atoms with Crippen molar-refractivity contribution in [3.63, 3.8) is 0 Å². The summed E-state index contributed by atoms with van der Waals surface area (Å²) in [6, 6.07) is 21.9. The highest BCUT2D eigenvalue weighted by atomic mass is 35.5. The Morgan fingerprint density at radius 2 is 1.33 bits per heavy atom. The number of alkyl halides is 1. The fraction of sp³-hybridized carbons (Fsp3) is 0.176. The number of phenolic OH excluding ortho intramolecular Hbond substituents is 1. The molecule has 0 spiro atoms. The zero-order valence-corrected chi connectivity index (χ0v) is 24.6. The lowest BCUT2D eigenvalue weighted by Gasteiger charge is -2.11. The van der Waals surface area contributed by atoms with Gasteiger partial charge in [-0.05, 0) is 58.7 Å². The first-order valence-corrected chi connectivity index (χ1v) is 13.9. The van der Waals surface area contributed by atoms with Gasteiger partial charge in [-0.3, -0.25) is 19.6 Å². The first-order chi connectivity index (χ1) is 21.0. The van der Waals surface area contributed by atoms with E-state index in [9.17, 15) is 9.59 Å². The lowest BCUT2D eigenvalue weighted by Crippen LogP contribution is -2.02. The van der Waals surface area contributed by atoms with E-state index in [1.807, 2.05) is 36.7 Å². The first kappa shape index (κ1) is 31.0. The van der Waals surface area contributed by atoms with Gasteiger partial charge in [-0.15, -0.1) is 11.6 Å². The lowest BCUT2D eigenvalue weighted by atomic mass is 10.0. The second-order valence-electron chi connectivity index (χ2n) is 9.41. The van der Waals surface area contributed by atoms with Crippen LogP contribution in [0, 0.1) is 0 Å². The summed E-state index contributed by atoms with van der Waals surface area (Å²) >= 11 is 5.75. The number of aldehydes is 2. The number of nitrogens with zero attached hydrogens (tertiary/aromatic N) is 2. The van der Waals surface area contributed by atoms with Crippen LogP contribution in [0.4, 0.5) is 0 Å². The van der Waals surface area contributed by atoms with Gasteiger partial charge in [0.15, 0.2) is 12.6 Å². The number of halogens is 1. The molecule has 4 aromatic carbocycles. The van der Waals surface area contributed by atoms with Crippen molar-refractivity contribution in [2.75, 3.05) is 14.2 Å². The SMILES string of the molecule is COc1ccc(O)c(C=O)c1.COc1ccc(OCc2cccc3c2C=NC3)c(C=O)c1.ClCc1cccc2c1C=NC2. The molecule has 0 fully saturated rings. The number of aliphatic imine (C=N–C) groups is 2. The molecule has 0 radical (unpaired) electrons. The molecule has 4 aromatic rings. The Labute approximate surface area is 255 Å². The molecular weight excluding hydrogens is 568 g/mol. The van der Waals surface area contributed by atoms with Gasteiger partial charge >= 0.3 is 0 Å². The maximum Gasteiger partial charge on any atom is 0.153 e. The van der Waals surface area contributed by atoms with Crippen LogP contribution in [0.2, 0.25) is 0 Å². The molecule has 2 aliphatic rings. The lowest BCUT2D eigenvalue weighted by molar-refractivity contribution is 0.111. The number of hydrogen-bond acceptors (Lipinski definition) is 8. The topological polar surface area (TPSA) is 107 Å². The number of phenols is 1. The van der Waals surface area contributed by atoms with Crippen LogP contribution in [-0.4, -0.2) is 44.3 Å². The average Bonchev–Trinajstić information content (AvgIpc) is 3.75. The first-order valence-electron chi connectivity index (χ1n) is 13.4. The number of aromatic hydroxyl groups is 1. The molecule has 6 rings (SSSR count). The Hall–Kier alpha value is -4.95. The molecule has 9 heteroatoms. The predicted octanol–water partition coefficient (Wildman–Crippen LogP) is 6.59. The maximum absolute atomic E-state index is 11.1. The van der Waals surface area contributed by atoms with Gasteiger partial charge in [0.2, 0.25) is 0 Å². The van der Waals surface area contributed by atoms with E-state index >= 15 is 0 Å². The number of methoxy groups -OCH3 is 2. The van der Waals surface area contributed by atoms with E-state index in [4.69, 9.17) is 30.9 Å². The summed E-state index contributed by atoms with van der Waals surface area (Å²) in [5, 5.41) is 9.04. The molecule has 1 N–H and O–H groups in total. The molecule has 220 valence electrons. The minimum atomic E-state index is -0.0270. The van der Waals surface area contributed by atoms with Crippen molar-refractivity contribution in [1.29, 1.82) is 0 Å². The molecule has 0 bridgehead atoms. The number of carbonyl (C=O) groups is 2. The summed E-state index contributed by atoms with van der Waals surface area (Å²) in [6.45, 7) is 1.95. The number of ether oxygens (including phenoxy) is 3. The normalized spacial score (nSPS) is 11.7. The number of carbonyl (C=O) groups excluding carboxylic acids is 2. The van der Waals surface area contributed by atoms with Gasteiger partial charge in [-0.25, -0.2) is 0 Å². The molecule has 8 nitrogen and oxygen atoms in total. The number of hydrogen-bond donors (Lipinski definition) is 1. The fourth-order valence-corrected chi connectivity index (χ4v) is 4.67. The summed E-state index contributed by atoms with van der Waals surface area (Å²) in [5.41, 5.74) is 7.83. The molecule has 0 saturated carbocycles. The molecule has 0 saturated heterocycles. The van der Waals surface area contributed by atoms with Gasteiger partial charge in [0.05, 0.1) is 38.4 Å². The summed E-state index contributed by atoms with van der Waals surface area (Å²) in [4.78, 5) is 29.9. The van der Waals surface area contributed by atoms with Crippen LogP contribution in [0.3, 0.4) is 0 Å². The van der Waals surface area contributed by atoms with Gasteiger partial charge in [0.1, 0.15) is 29.6 Å². The van der Waals surface area contributed by atoms with Gasteiger partial charge in [-0.2, -0.15) is 0 Å². The van der Waals surface area contributed by atoms with Crippen molar-refractivity contribution < 1.29 is 28.9 Å². The van der Waals surface area contributed by atoms with Crippen molar-refractivity contribution in [2.45, 2.75) is 25.6 Å². The minimum Gasteiger partial charge on any atom is -0.507 e. The molecule has 0 amide bonds. The van der Waals surface area contributed by atoms with E-state index in [2.05, 4.69) is 22.1 Å². The third-order valence-electron chi connectivity index (χ3n) is 6.77. The van der Waals surface area contributed by atoms with E-state index < -0.39 is 0 Å². The summed E-state index contributed by atoms with van der Waals surface area (Å²) in [6.07, 6.45) is 5.14. The zero-order valence-electron chi connectivity index (χ0n) is 23.8. The molecule has 0 atom stereocenters. The van der Waals surface area contributed by atoms with Crippen LogP contribution in [0.25, 0.3) is 0 Å². The predicted molar refractivity (Wildman–Crippen MR) is 168 cm³/mol. The quantitative estimate of drug-likeness (QED) is 0.181. The van der Waals surface area contributed by atoms with E-state index in [1.54, 1.807) is 31.4 Å². The second kappa shape index (κ2) is 15.3. The molecule has 2 aliphatic heterocycles. The van der Waals surface area contributed by atoms with E-state index in [-0.39, 0.29) is 11.3 Å². The Kier molecular flexibility index (Phi) is 11.0. The highest BCUT2D eigenvalue weighted by molar-refractivity contribution is 6.17. The molecule has 0 aliphatic carbocycles. The molecule has 0 unspecified atom stereocenters. The van der Waals surface area contributed by atoms with Crippen LogP contribution in [0.15, 0.2) is 82.8 Å². The number of fused-ring (bicyclic) bond motifs is 2. The van der Waals surface area contributed by atoms with Gasteiger partial charge in [0.25, 0.3) is 0 Å². The van der Waals surface area contributed by atoms with Crippen molar-refractivity contribution in [2.24, 2.45) is 9.98 Å². The molecule has 0 aromatic heterocycles. The molecular formula is C34H31ClN2O6. The van der Waals surface area contributed by atoms with Crippen LogP contribution in [0.1, 0.15) is 54.1 Å². The fourth-order valence-electron chi connectivity index (χ4n) is 4.44. The smallest absolute Gasteiger partial charge is 0.153 e. The van der Waals surface area contributed by atoms with E-state index in [0.29, 0.717) is 41.6 Å². The summed E-state index contributed by atoms with van der Waals surface area (Å²) in [7, 11) is 3.07. The Balaban J connectivity index is 0.000000162. The Morgan fingerprint density at radius 3 is 1.91 bits per heavy atom. The Bertz CT molecular complexity index is 1650. The van der Waals surface area contributed by atoms with Crippen molar-refractivity contribution in [1.82, 2.24) is 0 Å². The van der Waals surface area contributed by atoms with Crippen LogP contribution in [0.5, 0.6) is 23.0 Å². The van der Waals surface area contributed by atoms with Gasteiger partial charge < -0.3 is 19.3 Å². The monoisotopic (exact) mass is 598 g/mol. The summed E-state index contributed by atoms with van der Waals surface area (Å²) in [5.74, 6) is 2.30. The zero-order chi connectivity index (χ0) is 30.6. The van der Waals surface area contributed by atoms with Crippen molar-refractivity contribution in [3.05, 3.63) is 117 Å². The third-order valence-corrected chi connectivity index (χ3v) is 7.06.